The third-order valence-corrected chi connectivity index (χ3v) is 3.86. The van der Waals surface area contributed by atoms with Gasteiger partial charge in [-0.2, -0.15) is 11.8 Å². The highest BCUT2D eigenvalue weighted by atomic mass is 32.2. The Kier molecular flexibility index (Phi) is 11.7. The predicted octanol–water partition coefficient (Wildman–Crippen LogP) is 2.79. The lowest BCUT2D eigenvalue weighted by Crippen LogP contribution is -2.33. The van der Waals surface area contributed by atoms with Crippen molar-refractivity contribution in [1.29, 1.82) is 0 Å². The Hall–Kier alpha value is -0.220. The number of nitrogens with one attached hydrogen (secondary N) is 1. The molecule has 3 N–H and O–H groups in total. The van der Waals surface area contributed by atoms with E-state index >= 15 is 0 Å². The second-order valence-corrected chi connectivity index (χ2v) is 6.01. The van der Waals surface area contributed by atoms with Crippen LogP contribution in [-0.4, -0.2) is 30.5 Å². The van der Waals surface area contributed by atoms with Gasteiger partial charge in [-0.05, 0) is 50.7 Å². The lowest BCUT2D eigenvalue weighted by Gasteiger charge is -2.17. The molecule has 4 heteroatoms. The van der Waals surface area contributed by atoms with Gasteiger partial charge in [0.1, 0.15) is 0 Å². The van der Waals surface area contributed by atoms with Gasteiger partial charge in [-0.3, -0.25) is 4.79 Å². The number of nitrogens with two attached hydrogens (primary N) is 1. The quantitative estimate of drug-likeness (QED) is 0.609. The summed E-state index contributed by atoms with van der Waals surface area (Å²) >= 11 is 1.82. The van der Waals surface area contributed by atoms with E-state index in [1.165, 1.54) is 12.8 Å². The summed E-state index contributed by atoms with van der Waals surface area (Å²) in [4.78, 5) is 11.8. The number of amides is 1. The SMILES string of the molecule is CCCC(CCN)CCC(=O)NC(C)CCSC. The van der Waals surface area contributed by atoms with Crippen LogP contribution in [0.4, 0.5) is 0 Å². The fraction of sp³-hybridized carbons (Fsp3) is 0.929. The Morgan fingerprint density at radius 1 is 1.28 bits per heavy atom. The highest BCUT2D eigenvalue weighted by Gasteiger charge is 2.11. The van der Waals surface area contributed by atoms with Crippen molar-refractivity contribution in [2.24, 2.45) is 11.7 Å². The van der Waals surface area contributed by atoms with E-state index in [1.807, 2.05) is 11.8 Å². The molecule has 3 nitrogen and oxygen atoms in total. The normalized spacial score (nSPS) is 14.2. The Morgan fingerprint density at radius 2 is 2.00 bits per heavy atom. The van der Waals surface area contributed by atoms with E-state index in [-0.39, 0.29) is 5.91 Å². The molecule has 0 aromatic heterocycles. The van der Waals surface area contributed by atoms with Crippen LogP contribution in [0, 0.1) is 5.92 Å². The first-order valence-electron chi connectivity index (χ1n) is 7.12. The number of hydrogen-bond acceptors (Lipinski definition) is 3. The fourth-order valence-electron chi connectivity index (χ4n) is 2.13. The minimum absolute atomic E-state index is 0.196. The van der Waals surface area contributed by atoms with Crippen LogP contribution < -0.4 is 11.1 Å². The van der Waals surface area contributed by atoms with Crippen LogP contribution >= 0.6 is 11.8 Å². The zero-order valence-corrected chi connectivity index (χ0v) is 13.0. The maximum atomic E-state index is 11.8. The van der Waals surface area contributed by atoms with Gasteiger partial charge in [0.2, 0.25) is 5.91 Å². The first kappa shape index (κ1) is 17.8. The maximum absolute atomic E-state index is 11.8. The molecule has 0 fully saturated rings. The average Bonchev–Trinajstić information content (AvgIpc) is 2.34. The van der Waals surface area contributed by atoms with E-state index in [0.717, 1.165) is 31.6 Å². The van der Waals surface area contributed by atoms with Crippen molar-refractivity contribution in [2.75, 3.05) is 18.6 Å². The highest BCUT2D eigenvalue weighted by molar-refractivity contribution is 7.98. The predicted molar refractivity (Wildman–Crippen MR) is 81.9 cm³/mol. The van der Waals surface area contributed by atoms with Gasteiger partial charge in [0.05, 0.1) is 0 Å². The molecule has 108 valence electrons. The molecule has 1 amide bonds. The van der Waals surface area contributed by atoms with Gasteiger partial charge in [0.25, 0.3) is 0 Å². The van der Waals surface area contributed by atoms with Crippen LogP contribution in [0.3, 0.4) is 0 Å². The van der Waals surface area contributed by atoms with E-state index in [2.05, 4.69) is 25.4 Å². The lowest BCUT2D eigenvalue weighted by atomic mass is 9.94. The van der Waals surface area contributed by atoms with Gasteiger partial charge < -0.3 is 11.1 Å². The van der Waals surface area contributed by atoms with Crippen LogP contribution in [0.1, 0.15) is 52.4 Å². The molecule has 0 spiro atoms. The Labute approximate surface area is 117 Å². The molecule has 0 rings (SSSR count). The first-order valence-corrected chi connectivity index (χ1v) is 8.51. The molecular weight excluding hydrogens is 244 g/mol. The molecular formula is C14H30N2OS. The van der Waals surface area contributed by atoms with E-state index < -0.39 is 0 Å². The second kappa shape index (κ2) is 11.8. The molecule has 0 aliphatic carbocycles. The minimum Gasteiger partial charge on any atom is -0.354 e. The summed E-state index contributed by atoms with van der Waals surface area (Å²) in [6, 6.07) is 0.295. The van der Waals surface area contributed by atoms with Crippen molar-refractivity contribution in [3.05, 3.63) is 0 Å². The number of carbonyl (C=O) groups excluding carboxylic acids is 1. The van der Waals surface area contributed by atoms with E-state index in [4.69, 9.17) is 5.73 Å². The van der Waals surface area contributed by atoms with Crippen LogP contribution in [0.2, 0.25) is 0 Å². The van der Waals surface area contributed by atoms with Crippen LogP contribution in [-0.2, 0) is 4.79 Å². The van der Waals surface area contributed by atoms with Crippen molar-refractivity contribution in [3.8, 4) is 0 Å². The highest BCUT2D eigenvalue weighted by Crippen LogP contribution is 2.16. The number of thioether (sulfide) groups is 1. The number of hydrogen-bond donors (Lipinski definition) is 2. The largest absolute Gasteiger partial charge is 0.354 e. The molecule has 0 saturated carbocycles. The van der Waals surface area contributed by atoms with E-state index in [0.29, 0.717) is 18.4 Å². The smallest absolute Gasteiger partial charge is 0.220 e. The van der Waals surface area contributed by atoms with Gasteiger partial charge in [-0.25, -0.2) is 0 Å². The van der Waals surface area contributed by atoms with Gasteiger partial charge >= 0.3 is 0 Å². The van der Waals surface area contributed by atoms with Gasteiger partial charge in [0.15, 0.2) is 0 Å². The Bertz CT molecular complexity index is 206. The molecule has 0 aliphatic rings. The van der Waals surface area contributed by atoms with Gasteiger partial charge in [-0.1, -0.05) is 19.8 Å². The first-order chi connectivity index (χ1) is 8.63. The Balaban J connectivity index is 3.78. The molecule has 0 aromatic rings. The van der Waals surface area contributed by atoms with E-state index in [1.54, 1.807) is 0 Å². The van der Waals surface area contributed by atoms with Crippen molar-refractivity contribution in [1.82, 2.24) is 5.32 Å². The molecule has 0 heterocycles. The average molecular weight is 274 g/mol. The summed E-state index contributed by atoms with van der Waals surface area (Å²) in [5, 5.41) is 3.07. The summed E-state index contributed by atoms with van der Waals surface area (Å²) in [5.74, 6) is 1.92. The molecule has 0 aliphatic heterocycles. The van der Waals surface area contributed by atoms with Crippen molar-refractivity contribution < 1.29 is 4.79 Å². The lowest BCUT2D eigenvalue weighted by molar-refractivity contribution is -0.122. The summed E-state index contributed by atoms with van der Waals surface area (Å²) in [7, 11) is 0. The van der Waals surface area contributed by atoms with Crippen molar-refractivity contribution >= 4 is 17.7 Å². The number of carbonyl (C=O) groups is 1. The zero-order valence-electron chi connectivity index (χ0n) is 12.2. The summed E-state index contributed by atoms with van der Waals surface area (Å²) in [6.45, 7) is 5.00. The van der Waals surface area contributed by atoms with Crippen LogP contribution in [0.25, 0.3) is 0 Å². The number of rotatable bonds is 11. The summed E-state index contributed by atoms with van der Waals surface area (Å²) < 4.78 is 0. The third-order valence-electron chi connectivity index (χ3n) is 3.21. The molecule has 0 saturated heterocycles. The van der Waals surface area contributed by atoms with Gasteiger partial charge in [-0.15, -0.1) is 0 Å². The monoisotopic (exact) mass is 274 g/mol. The molecule has 0 bridgehead atoms. The van der Waals surface area contributed by atoms with Crippen LogP contribution in [0.5, 0.6) is 0 Å². The Morgan fingerprint density at radius 3 is 2.56 bits per heavy atom. The zero-order chi connectivity index (χ0) is 13.8. The standard InChI is InChI=1S/C14H30N2OS/c1-4-5-13(8-10-15)6-7-14(17)16-12(2)9-11-18-3/h12-13H,4-11,15H2,1-3H3,(H,16,17). The molecule has 2 atom stereocenters. The fourth-order valence-corrected chi connectivity index (χ4v) is 2.72. The molecule has 0 aromatic carbocycles. The van der Waals surface area contributed by atoms with Gasteiger partial charge in [0, 0.05) is 12.5 Å². The molecule has 2 unspecified atom stereocenters. The topological polar surface area (TPSA) is 55.1 Å². The summed E-state index contributed by atoms with van der Waals surface area (Å²) in [5.41, 5.74) is 5.60. The molecule has 0 radical (unpaired) electrons. The summed E-state index contributed by atoms with van der Waals surface area (Å²) in [6.07, 6.45) is 8.18. The third kappa shape index (κ3) is 9.77. The van der Waals surface area contributed by atoms with Crippen LogP contribution in [0.15, 0.2) is 0 Å². The van der Waals surface area contributed by atoms with Crippen molar-refractivity contribution in [3.63, 3.8) is 0 Å². The molecule has 18 heavy (non-hydrogen) atoms. The maximum Gasteiger partial charge on any atom is 0.220 e. The van der Waals surface area contributed by atoms with Crippen molar-refractivity contribution in [2.45, 2.75) is 58.4 Å². The van der Waals surface area contributed by atoms with E-state index in [9.17, 15) is 4.79 Å². The minimum atomic E-state index is 0.196. The second-order valence-electron chi connectivity index (χ2n) is 5.02.